The average Bonchev–Trinajstić information content (AvgIpc) is 2.37. The van der Waals surface area contributed by atoms with Crippen LogP contribution < -0.4 is 10.1 Å². The summed E-state index contributed by atoms with van der Waals surface area (Å²) in [7, 11) is 1.71. The fourth-order valence-corrected chi connectivity index (χ4v) is 2.39. The minimum Gasteiger partial charge on any atom is -0.497 e. The van der Waals surface area contributed by atoms with Crippen molar-refractivity contribution in [1.29, 1.82) is 0 Å². The molecule has 0 aliphatic carbocycles. The van der Waals surface area contributed by atoms with Gasteiger partial charge in [0.2, 0.25) is 0 Å². The lowest BCUT2D eigenvalue weighted by Crippen LogP contribution is -2.26. The summed E-state index contributed by atoms with van der Waals surface area (Å²) < 4.78 is 5.21. The zero-order valence-corrected chi connectivity index (χ0v) is 11.8. The Morgan fingerprint density at radius 2 is 2.24 bits per heavy atom. The summed E-state index contributed by atoms with van der Waals surface area (Å²) in [5, 5.41) is 3.54. The lowest BCUT2D eigenvalue weighted by Gasteiger charge is -2.13. The molecule has 1 N–H and O–H groups in total. The van der Waals surface area contributed by atoms with Crippen molar-refractivity contribution >= 4 is 11.8 Å². The number of thioether (sulfide) groups is 1. The first-order valence-corrected chi connectivity index (χ1v) is 7.35. The highest BCUT2D eigenvalue weighted by atomic mass is 32.2. The monoisotopic (exact) mass is 253 g/mol. The molecule has 1 unspecified atom stereocenters. The Labute approximate surface area is 109 Å². The molecular formula is C14H23NOS. The maximum atomic E-state index is 5.21. The molecule has 0 aliphatic heterocycles. The maximum absolute atomic E-state index is 5.21. The van der Waals surface area contributed by atoms with Gasteiger partial charge >= 0.3 is 0 Å². The van der Waals surface area contributed by atoms with E-state index < -0.39 is 0 Å². The van der Waals surface area contributed by atoms with Crippen LogP contribution in [0.2, 0.25) is 0 Å². The van der Waals surface area contributed by atoms with E-state index in [0.29, 0.717) is 6.04 Å². The van der Waals surface area contributed by atoms with E-state index in [4.69, 9.17) is 4.74 Å². The molecule has 1 aromatic carbocycles. The van der Waals surface area contributed by atoms with Gasteiger partial charge in [0.25, 0.3) is 0 Å². The molecule has 1 atom stereocenters. The first kappa shape index (κ1) is 14.4. The molecule has 0 saturated heterocycles. The SMILES string of the molecule is CCSCCC(C)NCc1cccc(OC)c1. The van der Waals surface area contributed by atoms with Crippen LogP contribution in [0.1, 0.15) is 25.8 Å². The normalized spacial score (nSPS) is 12.4. The minimum atomic E-state index is 0.570. The molecule has 3 heteroatoms. The van der Waals surface area contributed by atoms with Gasteiger partial charge in [-0.05, 0) is 42.5 Å². The van der Waals surface area contributed by atoms with Gasteiger partial charge in [-0.25, -0.2) is 0 Å². The summed E-state index contributed by atoms with van der Waals surface area (Å²) in [6.45, 7) is 5.37. The summed E-state index contributed by atoms with van der Waals surface area (Å²) in [6, 6.07) is 8.79. The Hall–Kier alpha value is -0.670. The molecule has 0 fully saturated rings. The summed E-state index contributed by atoms with van der Waals surface area (Å²) >= 11 is 2.00. The quantitative estimate of drug-likeness (QED) is 0.718. The first-order valence-electron chi connectivity index (χ1n) is 6.20. The Balaban J connectivity index is 2.28. The molecule has 0 aromatic heterocycles. The zero-order chi connectivity index (χ0) is 12.5. The number of ether oxygens (including phenoxy) is 1. The fraction of sp³-hybridized carbons (Fsp3) is 0.571. The molecule has 0 saturated carbocycles. The van der Waals surface area contributed by atoms with Crippen molar-refractivity contribution in [2.24, 2.45) is 0 Å². The zero-order valence-electron chi connectivity index (χ0n) is 11.0. The van der Waals surface area contributed by atoms with E-state index in [0.717, 1.165) is 12.3 Å². The number of hydrogen-bond acceptors (Lipinski definition) is 3. The molecular weight excluding hydrogens is 230 g/mol. The third-order valence-electron chi connectivity index (χ3n) is 2.69. The fourth-order valence-electron chi connectivity index (χ4n) is 1.58. The first-order chi connectivity index (χ1) is 8.26. The highest BCUT2D eigenvalue weighted by Crippen LogP contribution is 2.12. The molecule has 2 nitrogen and oxygen atoms in total. The highest BCUT2D eigenvalue weighted by molar-refractivity contribution is 7.99. The summed E-state index contributed by atoms with van der Waals surface area (Å²) in [6.07, 6.45) is 1.22. The maximum Gasteiger partial charge on any atom is 0.119 e. The number of nitrogens with one attached hydrogen (secondary N) is 1. The second kappa shape index (κ2) is 8.43. The van der Waals surface area contributed by atoms with Gasteiger partial charge < -0.3 is 10.1 Å². The molecule has 17 heavy (non-hydrogen) atoms. The lowest BCUT2D eigenvalue weighted by atomic mass is 10.2. The van der Waals surface area contributed by atoms with Crippen LogP contribution in [0.4, 0.5) is 0 Å². The lowest BCUT2D eigenvalue weighted by molar-refractivity contribution is 0.413. The van der Waals surface area contributed by atoms with Gasteiger partial charge in [0.05, 0.1) is 7.11 Å². The molecule has 0 bridgehead atoms. The van der Waals surface area contributed by atoms with Crippen molar-refractivity contribution in [3.8, 4) is 5.75 Å². The number of benzene rings is 1. The minimum absolute atomic E-state index is 0.570. The molecule has 0 spiro atoms. The van der Waals surface area contributed by atoms with Crippen LogP contribution in [-0.4, -0.2) is 24.7 Å². The van der Waals surface area contributed by atoms with Gasteiger partial charge in [0.1, 0.15) is 5.75 Å². The van der Waals surface area contributed by atoms with Crippen molar-refractivity contribution in [1.82, 2.24) is 5.32 Å². The van der Waals surface area contributed by atoms with E-state index in [9.17, 15) is 0 Å². The van der Waals surface area contributed by atoms with Crippen molar-refractivity contribution in [2.75, 3.05) is 18.6 Å². The Morgan fingerprint density at radius 3 is 2.94 bits per heavy atom. The van der Waals surface area contributed by atoms with E-state index in [1.165, 1.54) is 23.5 Å². The Kier molecular flexibility index (Phi) is 7.13. The van der Waals surface area contributed by atoms with E-state index in [2.05, 4.69) is 31.3 Å². The van der Waals surface area contributed by atoms with Crippen LogP contribution in [0.15, 0.2) is 24.3 Å². The second-order valence-corrected chi connectivity index (χ2v) is 5.51. The van der Waals surface area contributed by atoms with Gasteiger partial charge in [-0.3, -0.25) is 0 Å². The van der Waals surface area contributed by atoms with Gasteiger partial charge in [0.15, 0.2) is 0 Å². The summed E-state index contributed by atoms with van der Waals surface area (Å²) in [4.78, 5) is 0. The molecule has 0 heterocycles. The van der Waals surface area contributed by atoms with Crippen molar-refractivity contribution < 1.29 is 4.74 Å². The third-order valence-corrected chi connectivity index (χ3v) is 3.62. The standard InChI is InChI=1S/C14H23NOS/c1-4-17-9-8-12(2)15-11-13-6-5-7-14(10-13)16-3/h5-7,10,12,15H,4,8-9,11H2,1-3H3. The van der Waals surface area contributed by atoms with Crippen LogP contribution in [0.25, 0.3) is 0 Å². The smallest absolute Gasteiger partial charge is 0.119 e. The van der Waals surface area contributed by atoms with Crippen LogP contribution in [0.3, 0.4) is 0 Å². The molecule has 0 aliphatic rings. The van der Waals surface area contributed by atoms with Crippen molar-refractivity contribution in [3.05, 3.63) is 29.8 Å². The van der Waals surface area contributed by atoms with Gasteiger partial charge in [-0.15, -0.1) is 0 Å². The van der Waals surface area contributed by atoms with Gasteiger partial charge in [0, 0.05) is 12.6 Å². The molecule has 1 aromatic rings. The predicted octanol–water partition coefficient (Wildman–Crippen LogP) is 3.32. The van der Waals surface area contributed by atoms with Crippen LogP contribution in [0, 0.1) is 0 Å². The molecule has 1 rings (SSSR count). The number of rotatable bonds is 8. The van der Waals surface area contributed by atoms with Gasteiger partial charge in [-0.1, -0.05) is 19.1 Å². The molecule has 0 amide bonds. The van der Waals surface area contributed by atoms with Crippen LogP contribution in [-0.2, 0) is 6.54 Å². The summed E-state index contributed by atoms with van der Waals surface area (Å²) in [5.41, 5.74) is 1.28. The highest BCUT2D eigenvalue weighted by Gasteiger charge is 2.02. The Morgan fingerprint density at radius 1 is 1.41 bits per heavy atom. The van der Waals surface area contributed by atoms with E-state index >= 15 is 0 Å². The average molecular weight is 253 g/mol. The van der Waals surface area contributed by atoms with Crippen LogP contribution in [0.5, 0.6) is 5.75 Å². The largest absolute Gasteiger partial charge is 0.497 e. The summed E-state index contributed by atoms with van der Waals surface area (Å²) in [5.74, 6) is 3.38. The molecule has 96 valence electrons. The van der Waals surface area contributed by atoms with Crippen molar-refractivity contribution in [2.45, 2.75) is 32.9 Å². The number of hydrogen-bond donors (Lipinski definition) is 1. The van der Waals surface area contributed by atoms with Crippen molar-refractivity contribution in [3.63, 3.8) is 0 Å². The van der Waals surface area contributed by atoms with E-state index in [1.807, 2.05) is 23.9 Å². The van der Waals surface area contributed by atoms with Gasteiger partial charge in [-0.2, -0.15) is 11.8 Å². The topological polar surface area (TPSA) is 21.3 Å². The second-order valence-electron chi connectivity index (χ2n) is 4.12. The molecule has 0 radical (unpaired) electrons. The third kappa shape index (κ3) is 5.99. The van der Waals surface area contributed by atoms with Crippen LogP contribution >= 0.6 is 11.8 Å². The predicted molar refractivity (Wildman–Crippen MR) is 76.9 cm³/mol. The van der Waals surface area contributed by atoms with E-state index in [1.54, 1.807) is 7.11 Å². The Bertz CT molecular complexity index is 317. The number of methoxy groups -OCH3 is 1. The van der Waals surface area contributed by atoms with E-state index in [-0.39, 0.29) is 0 Å².